The fourth-order valence-electron chi connectivity index (χ4n) is 3.23. The summed E-state index contributed by atoms with van der Waals surface area (Å²) in [7, 11) is 0. The predicted octanol–water partition coefficient (Wildman–Crippen LogP) is 3.26. The standard InChI is InChI=1S/C18H28N2O/c1-12-8-7-11-16(13(12)2)20-18(21)14(3)17(19)15-9-5-4-6-10-15/h4-6,9-10,12-14,16-17H,7-8,11,19H2,1-3H3,(H,20,21). The van der Waals surface area contributed by atoms with E-state index in [1.54, 1.807) is 0 Å². The summed E-state index contributed by atoms with van der Waals surface area (Å²) in [6.07, 6.45) is 3.56. The van der Waals surface area contributed by atoms with Gasteiger partial charge in [0, 0.05) is 12.1 Å². The van der Waals surface area contributed by atoms with Crippen LogP contribution < -0.4 is 11.1 Å². The number of hydrogen-bond acceptors (Lipinski definition) is 2. The molecule has 3 heteroatoms. The molecule has 2 rings (SSSR count). The number of carbonyl (C=O) groups is 1. The molecule has 21 heavy (non-hydrogen) atoms. The summed E-state index contributed by atoms with van der Waals surface area (Å²) in [6.45, 7) is 6.45. The fourth-order valence-corrected chi connectivity index (χ4v) is 3.23. The van der Waals surface area contributed by atoms with Gasteiger partial charge in [0.15, 0.2) is 0 Å². The van der Waals surface area contributed by atoms with E-state index in [9.17, 15) is 4.79 Å². The van der Waals surface area contributed by atoms with Gasteiger partial charge in [0.05, 0.1) is 5.92 Å². The van der Waals surface area contributed by atoms with Crippen molar-refractivity contribution < 1.29 is 4.79 Å². The van der Waals surface area contributed by atoms with Crippen molar-refractivity contribution in [2.75, 3.05) is 0 Å². The largest absolute Gasteiger partial charge is 0.353 e. The Kier molecular flexibility index (Phi) is 5.40. The molecule has 0 spiro atoms. The second kappa shape index (κ2) is 7.08. The maximum atomic E-state index is 12.5. The van der Waals surface area contributed by atoms with E-state index < -0.39 is 0 Å². The average Bonchev–Trinajstić information content (AvgIpc) is 2.51. The highest BCUT2D eigenvalue weighted by Gasteiger charge is 2.30. The molecular formula is C18H28N2O. The first-order valence-corrected chi connectivity index (χ1v) is 8.11. The van der Waals surface area contributed by atoms with Crippen LogP contribution in [0, 0.1) is 17.8 Å². The van der Waals surface area contributed by atoms with Crippen molar-refractivity contribution in [3.05, 3.63) is 35.9 Å². The molecule has 0 heterocycles. The first kappa shape index (κ1) is 16.0. The van der Waals surface area contributed by atoms with E-state index in [-0.39, 0.29) is 17.9 Å². The van der Waals surface area contributed by atoms with Crippen molar-refractivity contribution in [3.63, 3.8) is 0 Å². The Morgan fingerprint density at radius 1 is 1.24 bits per heavy atom. The minimum absolute atomic E-state index is 0.0808. The summed E-state index contributed by atoms with van der Waals surface area (Å²) in [5.41, 5.74) is 7.26. The molecule has 1 amide bonds. The molecule has 5 atom stereocenters. The van der Waals surface area contributed by atoms with Gasteiger partial charge < -0.3 is 11.1 Å². The molecule has 0 aromatic heterocycles. The Morgan fingerprint density at radius 2 is 1.90 bits per heavy atom. The van der Waals surface area contributed by atoms with Crippen molar-refractivity contribution in [1.29, 1.82) is 0 Å². The van der Waals surface area contributed by atoms with Crippen LogP contribution >= 0.6 is 0 Å². The number of amides is 1. The van der Waals surface area contributed by atoms with E-state index in [0.29, 0.717) is 17.9 Å². The summed E-state index contributed by atoms with van der Waals surface area (Å²) in [6, 6.07) is 9.91. The lowest BCUT2D eigenvalue weighted by atomic mass is 9.78. The third-order valence-corrected chi connectivity index (χ3v) is 5.17. The second-order valence-corrected chi connectivity index (χ2v) is 6.61. The third kappa shape index (κ3) is 3.85. The van der Waals surface area contributed by atoms with Crippen LogP contribution in [0.5, 0.6) is 0 Å². The van der Waals surface area contributed by atoms with Crippen molar-refractivity contribution in [1.82, 2.24) is 5.32 Å². The summed E-state index contributed by atoms with van der Waals surface area (Å²) in [5.74, 6) is 1.10. The van der Waals surface area contributed by atoms with Gasteiger partial charge in [-0.2, -0.15) is 0 Å². The fraction of sp³-hybridized carbons (Fsp3) is 0.611. The third-order valence-electron chi connectivity index (χ3n) is 5.17. The molecular weight excluding hydrogens is 260 g/mol. The lowest BCUT2D eigenvalue weighted by Crippen LogP contribution is -2.47. The van der Waals surface area contributed by atoms with Crippen LogP contribution in [0.15, 0.2) is 30.3 Å². The minimum Gasteiger partial charge on any atom is -0.353 e. The Morgan fingerprint density at radius 3 is 2.57 bits per heavy atom. The molecule has 1 aliphatic carbocycles. The van der Waals surface area contributed by atoms with Crippen LogP contribution in [0.25, 0.3) is 0 Å². The number of rotatable bonds is 4. The molecule has 1 aromatic rings. The molecule has 0 radical (unpaired) electrons. The highest BCUT2D eigenvalue weighted by atomic mass is 16.2. The SMILES string of the molecule is CC1CCCC(NC(=O)C(C)C(N)c2ccccc2)C1C. The van der Waals surface area contributed by atoms with Gasteiger partial charge in [-0.25, -0.2) is 0 Å². The summed E-state index contributed by atoms with van der Waals surface area (Å²) in [5, 5.41) is 3.23. The quantitative estimate of drug-likeness (QED) is 0.893. The molecule has 3 nitrogen and oxygen atoms in total. The van der Waals surface area contributed by atoms with E-state index in [4.69, 9.17) is 5.73 Å². The average molecular weight is 288 g/mol. The summed E-state index contributed by atoms with van der Waals surface area (Å²) in [4.78, 5) is 12.5. The normalized spacial score (nSPS) is 28.7. The Labute approximate surface area is 128 Å². The van der Waals surface area contributed by atoms with Crippen LogP contribution in [0.2, 0.25) is 0 Å². The number of carbonyl (C=O) groups excluding carboxylic acids is 1. The molecule has 0 aliphatic heterocycles. The Bertz CT molecular complexity index is 460. The van der Waals surface area contributed by atoms with Crippen LogP contribution in [-0.4, -0.2) is 11.9 Å². The zero-order valence-electron chi connectivity index (χ0n) is 13.4. The number of benzene rings is 1. The highest BCUT2D eigenvalue weighted by molar-refractivity contribution is 5.79. The number of hydrogen-bond donors (Lipinski definition) is 2. The van der Waals surface area contributed by atoms with Gasteiger partial charge in [-0.15, -0.1) is 0 Å². The van der Waals surface area contributed by atoms with E-state index in [1.165, 1.54) is 12.8 Å². The molecule has 3 N–H and O–H groups in total. The molecule has 0 saturated heterocycles. The maximum absolute atomic E-state index is 12.5. The smallest absolute Gasteiger partial charge is 0.224 e. The van der Waals surface area contributed by atoms with Gasteiger partial charge in [-0.1, -0.05) is 63.9 Å². The van der Waals surface area contributed by atoms with E-state index >= 15 is 0 Å². The van der Waals surface area contributed by atoms with Crippen molar-refractivity contribution in [2.24, 2.45) is 23.5 Å². The molecule has 116 valence electrons. The lowest BCUT2D eigenvalue weighted by molar-refractivity contribution is -0.126. The molecule has 1 aromatic carbocycles. The van der Waals surface area contributed by atoms with Crippen LogP contribution in [0.4, 0.5) is 0 Å². The molecule has 0 bridgehead atoms. The van der Waals surface area contributed by atoms with Gasteiger partial charge in [0.25, 0.3) is 0 Å². The summed E-state index contributed by atoms with van der Waals surface area (Å²) < 4.78 is 0. The van der Waals surface area contributed by atoms with E-state index in [1.807, 2.05) is 37.3 Å². The van der Waals surface area contributed by atoms with Gasteiger partial charge in [-0.05, 0) is 23.8 Å². The van der Waals surface area contributed by atoms with Gasteiger partial charge in [0.1, 0.15) is 0 Å². The lowest BCUT2D eigenvalue weighted by Gasteiger charge is -2.35. The number of nitrogens with two attached hydrogens (primary N) is 1. The zero-order chi connectivity index (χ0) is 15.4. The van der Waals surface area contributed by atoms with Crippen LogP contribution in [-0.2, 0) is 4.79 Å². The zero-order valence-corrected chi connectivity index (χ0v) is 13.4. The topological polar surface area (TPSA) is 55.1 Å². The predicted molar refractivity (Wildman–Crippen MR) is 86.6 cm³/mol. The van der Waals surface area contributed by atoms with E-state index in [0.717, 1.165) is 12.0 Å². The first-order chi connectivity index (χ1) is 10.0. The maximum Gasteiger partial charge on any atom is 0.224 e. The minimum atomic E-state index is -0.248. The van der Waals surface area contributed by atoms with Gasteiger partial charge >= 0.3 is 0 Å². The van der Waals surface area contributed by atoms with Crippen LogP contribution in [0.1, 0.15) is 51.6 Å². The monoisotopic (exact) mass is 288 g/mol. The molecule has 1 fully saturated rings. The highest BCUT2D eigenvalue weighted by Crippen LogP contribution is 2.30. The second-order valence-electron chi connectivity index (χ2n) is 6.61. The Balaban J connectivity index is 1.96. The van der Waals surface area contributed by atoms with Gasteiger partial charge in [-0.3, -0.25) is 4.79 Å². The van der Waals surface area contributed by atoms with Crippen molar-refractivity contribution in [2.45, 2.75) is 52.1 Å². The Hall–Kier alpha value is -1.35. The van der Waals surface area contributed by atoms with Crippen molar-refractivity contribution >= 4 is 5.91 Å². The van der Waals surface area contributed by atoms with Crippen molar-refractivity contribution in [3.8, 4) is 0 Å². The number of nitrogens with one attached hydrogen (secondary N) is 1. The molecule has 5 unspecified atom stereocenters. The van der Waals surface area contributed by atoms with Crippen LogP contribution in [0.3, 0.4) is 0 Å². The summed E-state index contributed by atoms with van der Waals surface area (Å²) >= 11 is 0. The first-order valence-electron chi connectivity index (χ1n) is 8.11. The molecule has 1 saturated carbocycles. The molecule has 1 aliphatic rings. The van der Waals surface area contributed by atoms with Gasteiger partial charge in [0.2, 0.25) is 5.91 Å². The van der Waals surface area contributed by atoms with E-state index in [2.05, 4.69) is 19.2 Å².